The molecule has 0 saturated heterocycles. The first kappa shape index (κ1) is 26.4. The highest BCUT2D eigenvalue weighted by molar-refractivity contribution is 7.89. The van der Waals surface area contributed by atoms with E-state index in [1.54, 1.807) is 37.3 Å². The molecule has 0 spiro atoms. The van der Waals surface area contributed by atoms with Crippen LogP contribution in [-0.2, 0) is 19.6 Å². The van der Waals surface area contributed by atoms with E-state index >= 15 is 0 Å². The van der Waals surface area contributed by atoms with Crippen LogP contribution in [0.2, 0.25) is 0 Å². The fraction of sp³-hybridized carbons (Fsp3) is 0.200. The predicted molar refractivity (Wildman–Crippen MR) is 157 cm³/mol. The second kappa shape index (κ2) is 10.2. The van der Waals surface area contributed by atoms with Gasteiger partial charge in [-0.2, -0.15) is 4.72 Å². The lowest BCUT2D eigenvalue weighted by molar-refractivity contribution is -0.127. The molecule has 0 unspecified atom stereocenters. The minimum atomic E-state index is -4.06. The van der Waals surface area contributed by atoms with Gasteiger partial charge in [0.05, 0.1) is 10.9 Å². The van der Waals surface area contributed by atoms with Crippen LogP contribution in [0.5, 0.6) is 0 Å². The monoisotopic (exact) mass is 542 g/mol. The number of hydrogen-bond acceptors (Lipinski definition) is 5. The molecule has 200 valence electrons. The lowest BCUT2D eigenvalue weighted by Crippen LogP contribution is -2.50. The lowest BCUT2D eigenvalue weighted by Gasteiger charge is -2.20. The predicted octanol–water partition coefficient (Wildman–Crippen LogP) is 4.46. The summed E-state index contributed by atoms with van der Waals surface area (Å²) in [5.41, 5.74) is 1.58. The summed E-state index contributed by atoms with van der Waals surface area (Å²) in [5, 5.41) is 10.8. The van der Waals surface area contributed by atoms with Crippen molar-refractivity contribution in [3.05, 3.63) is 78.9 Å². The molecule has 5 rings (SSSR count). The minimum absolute atomic E-state index is 0.0971. The van der Waals surface area contributed by atoms with Gasteiger partial charge in [-0.05, 0) is 71.1 Å². The molecular formula is C30H30N4O4S. The molecule has 39 heavy (non-hydrogen) atoms. The van der Waals surface area contributed by atoms with Crippen LogP contribution >= 0.6 is 0 Å². The van der Waals surface area contributed by atoms with Crippen molar-refractivity contribution >= 4 is 65.5 Å². The molecule has 0 saturated carbocycles. The minimum Gasteiger partial charge on any atom is -0.378 e. The molecule has 0 aliphatic rings. The smallest absolute Gasteiger partial charge is 0.246 e. The lowest BCUT2D eigenvalue weighted by atomic mass is 9.94. The second-order valence-electron chi connectivity index (χ2n) is 9.92. The highest BCUT2D eigenvalue weighted by Crippen LogP contribution is 2.37. The maximum absolute atomic E-state index is 13.5. The van der Waals surface area contributed by atoms with Crippen molar-refractivity contribution in [2.75, 3.05) is 24.3 Å². The van der Waals surface area contributed by atoms with Crippen LogP contribution in [0.25, 0.3) is 32.3 Å². The highest BCUT2D eigenvalue weighted by Gasteiger charge is 2.26. The zero-order valence-corrected chi connectivity index (χ0v) is 23.0. The van der Waals surface area contributed by atoms with Gasteiger partial charge in [-0.15, -0.1) is 0 Å². The summed E-state index contributed by atoms with van der Waals surface area (Å²) in [6.07, 6.45) is 0. The number of benzene rings is 5. The van der Waals surface area contributed by atoms with Gasteiger partial charge in [0.1, 0.15) is 6.04 Å². The van der Waals surface area contributed by atoms with E-state index in [9.17, 15) is 18.0 Å². The van der Waals surface area contributed by atoms with Gasteiger partial charge in [-0.3, -0.25) is 9.59 Å². The van der Waals surface area contributed by atoms with Gasteiger partial charge in [-0.1, -0.05) is 48.5 Å². The zero-order valence-electron chi connectivity index (χ0n) is 22.1. The van der Waals surface area contributed by atoms with E-state index in [4.69, 9.17) is 0 Å². The molecule has 3 N–H and O–H groups in total. The van der Waals surface area contributed by atoms with Crippen LogP contribution < -0.4 is 20.3 Å². The average Bonchev–Trinajstić information content (AvgIpc) is 2.91. The van der Waals surface area contributed by atoms with Crippen molar-refractivity contribution in [3.8, 4) is 0 Å². The summed E-state index contributed by atoms with van der Waals surface area (Å²) in [6, 6.07) is 22.3. The largest absolute Gasteiger partial charge is 0.378 e. The normalized spacial score (nSPS) is 13.4. The Morgan fingerprint density at radius 3 is 1.95 bits per heavy atom. The van der Waals surface area contributed by atoms with E-state index in [0.717, 1.165) is 32.6 Å². The van der Waals surface area contributed by atoms with Crippen molar-refractivity contribution in [1.82, 2.24) is 10.0 Å². The van der Waals surface area contributed by atoms with E-state index < -0.39 is 33.9 Å². The fourth-order valence-electron chi connectivity index (χ4n) is 4.79. The number of hydrogen-bond donors (Lipinski definition) is 3. The number of carbonyl (C=O) groups excluding carboxylic acids is 2. The van der Waals surface area contributed by atoms with Gasteiger partial charge in [0.15, 0.2) is 0 Å². The Labute approximate surface area is 227 Å². The van der Waals surface area contributed by atoms with Crippen LogP contribution in [0.1, 0.15) is 13.8 Å². The summed E-state index contributed by atoms with van der Waals surface area (Å²) < 4.78 is 29.4. The number of rotatable bonds is 8. The van der Waals surface area contributed by atoms with Crippen molar-refractivity contribution in [2.45, 2.75) is 30.8 Å². The third-order valence-electron chi connectivity index (χ3n) is 6.91. The Hall–Kier alpha value is -4.21. The van der Waals surface area contributed by atoms with Crippen molar-refractivity contribution in [1.29, 1.82) is 0 Å². The number of anilines is 2. The molecule has 0 radical (unpaired) electrons. The van der Waals surface area contributed by atoms with Gasteiger partial charge in [0, 0.05) is 30.9 Å². The SMILES string of the molecule is C[C@H](NC(=O)[C@H](C)NS(=O)(=O)c1ccc2ccc3cccc4ccc1c2c34)C(=O)Nc1ccc(N(C)C)cc1. The third-order valence-corrected chi connectivity index (χ3v) is 8.51. The van der Waals surface area contributed by atoms with Gasteiger partial charge in [0.2, 0.25) is 21.8 Å². The van der Waals surface area contributed by atoms with Crippen molar-refractivity contribution in [3.63, 3.8) is 0 Å². The number of nitrogens with zero attached hydrogens (tertiary/aromatic N) is 1. The Bertz CT molecular complexity index is 1780. The molecule has 2 amide bonds. The molecule has 2 atom stereocenters. The average molecular weight is 543 g/mol. The Morgan fingerprint density at radius 1 is 0.718 bits per heavy atom. The molecule has 0 aliphatic heterocycles. The quantitative estimate of drug-likeness (QED) is 0.251. The molecular weight excluding hydrogens is 512 g/mol. The topological polar surface area (TPSA) is 108 Å². The first-order chi connectivity index (χ1) is 18.5. The van der Waals surface area contributed by atoms with Crippen LogP contribution in [0.4, 0.5) is 11.4 Å². The Balaban J connectivity index is 1.31. The zero-order chi connectivity index (χ0) is 27.9. The van der Waals surface area contributed by atoms with E-state index in [1.165, 1.54) is 6.92 Å². The molecule has 0 bridgehead atoms. The molecule has 0 aromatic heterocycles. The molecule has 5 aromatic rings. The molecule has 9 heteroatoms. The van der Waals surface area contributed by atoms with Gasteiger partial charge in [0.25, 0.3) is 0 Å². The van der Waals surface area contributed by atoms with Crippen LogP contribution in [0.15, 0.2) is 83.8 Å². The summed E-state index contributed by atoms with van der Waals surface area (Å²) in [7, 11) is -0.218. The number of carbonyl (C=O) groups is 2. The molecule has 0 heterocycles. The first-order valence-corrected chi connectivity index (χ1v) is 14.1. The summed E-state index contributed by atoms with van der Waals surface area (Å²) >= 11 is 0. The molecule has 8 nitrogen and oxygen atoms in total. The van der Waals surface area contributed by atoms with Gasteiger partial charge in [-0.25, -0.2) is 8.42 Å². The number of amides is 2. The number of sulfonamides is 1. The number of nitrogens with one attached hydrogen (secondary N) is 3. The van der Waals surface area contributed by atoms with Gasteiger partial charge < -0.3 is 15.5 Å². The first-order valence-electron chi connectivity index (χ1n) is 12.6. The van der Waals surface area contributed by atoms with Crippen LogP contribution in [0, 0.1) is 0 Å². The van der Waals surface area contributed by atoms with Crippen molar-refractivity contribution < 1.29 is 18.0 Å². The van der Waals surface area contributed by atoms with Crippen LogP contribution in [-0.4, -0.2) is 46.4 Å². The molecule has 0 aliphatic carbocycles. The van der Waals surface area contributed by atoms with E-state index in [0.29, 0.717) is 11.1 Å². The highest BCUT2D eigenvalue weighted by atomic mass is 32.2. The van der Waals surface area contributed by atoms with Gasteiger partial charge >= 0.3 is 0 Å². The fourth-order valence-corrected chi connectivity index (χ4v) is 6.20. The van der Waals surface area contributed by atoms with E-state index in [2.05, 4.69) is 15.4 Å². The van der Waals surface area contributed by atoms with Crippen molar-refractivity contribution in [2.24, 2.45) is 0 Å². The Morgan fingerprint density at radius 2 is 1.31 bits per heavy atom. The van der Waals surface area contributed by atoms with E-state index in [-0.39, 0.29) is 4.90 Å². The Kier molecular flexibility index (Phi) is 6.88. The summed E-state index contributed by atoms with van der Waals surface area (Å²) in [4.78, 5) is 27.5. The second-order valence-corrected chi connectivity index (χ2v) is 11.6. The molecule has 0 fully saturated rings. The maximum atomic E-state index is 13.5. The maximum Gasteiger partial charge on any atom is 0.246 e. The van der Waals surface area contributed by atoms with Crippen LogP contribution in [0.3, 0.4) is 0 Å². The molecule has 5 aromatic carbocycles. The van der Waals surface area contributed by atoms with E-state index in [1.807, 2.05) is 67.5 Å². The third kappa shape index (κ3) is 5.10. The standard InChI is InChI=1S/C30H30N4O4S/c1-18(29(35)32-23-12-14-24(15-13-23)34(3)4)31-30(36)19(2)33-39(37,38)26-17-11-22-9-8-20-6-5-7-21-10-16-25(26)28(22)27(20)21/h5-19,33H,1-4H3,(H,31,36)(H,32,35)/t18-,19-/m0/s1. The summed E-state index contributed by atoms with van der Waals surface area (Å²) in [6.45, 7) is 3.00. The summed E-state index contributed by atoms with van der Waals surface area (Å²) in [5.74, 6) is -1.02.